The van der Waals surface area contributed by atoms with Crippen LogP contribution in [0.1, 0.15) is 0 Å². The molecule has 2 nitrogen and oxygen atoms in total. The van der Waals surface area contributed by atoms with E-state index in [1.807, 2.05) is 12.2 Å². The summed E-state index contributed by atoms with van der Waals surface area (Å²) in [5.41, 5.74) is 5.13. The third-order valence-corrected chi connectivity index (χ3v) is 0.566. The number of ether oxygens (including phenoxy) is 1. The van der Waals surface area contributed by atoms with Gasteiger partial charge in [0.15, 0.2) is 0 Å². The third kappa shape index (κ3) is 5.66. The van der Waals surface area contributed by atoms with Gasteiger partial charge in [0, 0.05) is 13.7 Å². The van der Waals surface area contributed by atoms with E-state index < -0.39 is 0 Å². The van der Waals surface area contributed by atoms with Crippen molar-refractivity contribution in [2.75, 3.05) is 20.3 Å². The van der Waals surface area contributed by atoms with Crippen LogP contribution >= 0.6 is 0 Å². The lowest BCUT2D eigenvalue weighted by atomic mass is 10.5. The lowest BCUT2D eigenvalue weighted by Gasteiger charge is -1.83. The highest BCUT2D eigenvalue weighted by atomic mass is 16.5. The molecule has 0 saturated heterocycles. The molecule has 0 radical (unpaired) electrons. The summed E-state index contributed by atoms with van der Waals surface area (Å²) >= 11 is 0. The maximum absolute atomic E-state index is 5.13. The number of hydrogen-bond donors (Lipinski definition) is 1. The lowest BCUT2D eigenvalue weighted by molar-refractivity contribution is 0.233. The first-order valence-electron chi connectivity index (χ1n) is 2.26. The summed E-state index contributed by atoms with van der Waals surface area (Å²) in [4.78, 5) is 0. The summed E-state index contributed by atoms with van der Waals surface area (Å²) in [5, 5.41) is 0. The molecule has 2 heteroatoms. The minimum Gasteiger partial charge on any atom is -0.381 e. The third-order valence-electron chi connectivity index (χ3n) is 0.566. The summed E-state index contributed by atoms with van der Waals surface area (Å²) in [6, 6.07) is 0. The molecule has 0 aromatic heterocycles. The molecule has 7 heavy (non-hydrogen) atoms. The number of rotatable bonds is 3. The van der Waals surface area contributed by atoms with Crippen molar-refractivity contribution in [3.63, 3.8) is 0 Å². The van der Waals surface area contributed by atoms with Gasteiger partial charge in [-0.3, -0.25) is 0 Å². The van der Waals surface area contributed by atoms with Gasteiger partial charge in [0.2, 0.25) is 0 Å². The van der Waals surface area contributed by atoms with E-state index in [4.69, 9.17) is 10.5 Å². The van der Waals surface area contributed by atoms with Crippen LogP contribution in [0.25, 0.3) is 0 Å². The standard InChI is InChI=1S/C5H11NO/c1-7-5-3-2-4-6/h2-3H,4-6H2,1H3/b3-2+. The first-order valence-corrected chi connectivity index (χ1v) is 2.26. The molecular weight excluding hydrogens is 90.1 g/mol. The average Bonchev–Trinajstić information content (AvgIpc) is 1.69. The summed E-state index contributed by atoms with van der Waals surface area (Å²) < 4.78 is 4.70. The molecule has 0 atom stereocenters. The Morgan fingerprint density at radius 1 is 1.57 bits per heavy atom. The van der Waals surface area contributed by atoms with Gasteiger partial charge in [-0.25, -0.2) is 0 Å². The van der Waals surface area contributed by atoms with Crippen LogP contribution in [-0.2, 0) is 4.74 Å². The molecule has 0 aliphatic heterocycles. The highest BCUT2D eigenvalue weighted by molar-refractivity contribution is 4.81. The Morgan fingerprint density at radius 2 is 2.29 bits per heavy atom. The van der Waals surface area contributed by atoms with Crippen LogP contribution in [0.4, 0.5) is 0 Å². The molecule has 0 aromatic carbocycles. The number of hydrogen-bond acceptors (Lipinski definition) is 2. The van der Waals surface area contributed by atoms with Gasteiger partial charge in [0.05, 0.1) is 6.61 Å². The molecule has 0 spiro atoms. The summed E-state index contributed by atoms with van der Waals surface area (Å²) in [6.07, 6.45) is 3.75. The molecule has 2 N–H and O–H groups in total. The SMILES string of the molecule is COC/C=C/CN. The van der Waals surface area contributed by atoms with Gasteiger partial charge in [-0.2, -0.15) is 0 Å². The second kappa shape index (κ2) is 5.66. The predicted molar refractivity (Wildman–Crippen MR) is 30.1 cm³/mol. The zero-order valence-electron chi connectivity index (χ0n) is 4.55. The topological polar surface area (TPSA) is 35.2 Å². The van der Waals surface area contributed by atoms with E-state index in [1.165, 1.54) is 0 Å². The first kappa shape index (κ1) is 6.66. The van der Waals surface area contributed by atoms with Crippen LogP contribution in [0.3, 0.4) is 0 Å². The van der Waals surface area contributed by atoms with E-state index in [9.17, 15) is 0 Å². The van der Waals surface area contributed by atoms with E-state index in [1.54, 1.807) is 7.11 Å². The van der Waals surface area contributed by atoms with E-state index in [-0.39, 0.29) is 0 Å². The molecule has 0 aliphatic rings. The van der Waals surface area contributed by atoms with Crippen molar-refractivity contribution in [3.05, 3.63) is 12.2 Å². The molecule has 0 aromatic rings. The van der Waals surface area contributed by atoms with E-state index >= 15 is 0 Å². The molecular formula is C5H11NO. The Bertz CT molecular complexity index is 52.0. The molecule has 0 fully saturated rings. The van der Waals surface area contributed by atoms with Gasteiger partial charge in [-0.1, -0.05) is 12.2 Å². The minimum absolute atomic E-state index is 0.601. The number of nitrogens with two attached hydrogens (primary N) is 1. The molecule has 0 saturated carbocycles. The Labute approximate surface area is 44.0 Å². The molecule has 0 aliphatic carbocycles. The number of methoxy groups -OCH3 is 1. The van der Waals surface area contributed by atoms with Crippen LogP contribution in [0.15, 0.2) is 12.2 Å². The van der Waals surface area contributed by atoms with E-state index in [2.05, 4.69) is 0 Å². The first-order chi connectivity index (χ1) is 3.41. The molecule has 0 rings (SSSR count). The Kier molecular flexibility index (Phi) is 5.39. The Morgan fingerprint density at radius 3 is 2.71 bits per heavy atom. The van der Waals surface area contributed by atoms with Crippen molar-refractivity contribution in [1.82, 2.24) is 0 Å². The largest absolute Gasteiger partial charge is 0.381 e. The van der Waals surface area contributed by atoms with Crippen molar-refractivity contribution in [3.8, 4) is 0 Å². The van der Waals surface area contributed by atoms with Crippen LogP contribution in [0.5, 0.6) is 0 Å². The van der Waals surface area contributed by atoms with Crippen molar-refractivity contribution < 1.29 is 4.74 Å². The maximum Gasteiger partial charge on any atom is 0.0644 e. The lowest BCUT2D eigenvalue weighted by Crippen LogP contribution is -1.93. The van der Waals surface area contributed by atoms with Gasteiger partial charge in [-0.15, -0.1) is 0 Å². The Balaban J connectivity index is 2.78. The zero-order chi connectivity index (χ0) is 5.54. The smallest absolute Gasteiger partial charge is 0.0644 e. The summed E-state index contributed by atoms with van der Waals surface area (Å²) in [6.45, 7) is 1.26. The molecule has 0 amide bonds. The fraction of sp³-hybridized carbons (Fsp3) is 0.600. The minimum atomic E-state index is 0.601. The van der Waals surface area contributed by atoms with Crippen molar-refractivity contribution in [2.45, 2.75) is 0 Å². The van der Waals surface area contributed by atoms with Crippen LogP contribution in [-0.4, -0.2) is 20.3 Å². The zero-order valence-corrected chi connectivity index (χ0v) is 4.55. The van der Waals surface area contributed by atoms with Gasteiger partial charge in [0.25, 0.3) is 0 Å². The normalized spacial score (nSPS) is 10.6. The highest BCUT2D eigenvalue weighted by Gasteiger charge is 1.66. The fourth-order valence-electron chi connectivity index (χ4n) is 0.260. The monoisotopic (exact) mass is 101 g/mol. The van der Waals surface area contributed by atoms with Gasteiger partial charge in [0.1, 0.15) is 0 Å². The maximum atomic E-state index is 5.13. The molecule has 42 valence electrons. The summed E-state index contributed by atoms with van der Waals surface area (Å²) in [5.74, 6) is 0. The quantitative estimate of drug-likeness (QED) is 0.513. The van der Waals surface area contributed by atoms with Gasteiger partial charge < -0.3 is 10.5 Å². The average molecular weight is 101 g/mol. The van der Waals surface area contributed by atoms with Crippen LogP contribution in [0, 0.1) is 0 Å². The van der Waals surface area contributed by atoms with Gasteiger partial charge >= 0.3 is 0 Å². The summed E-state index contributed by atoms with van der Waals surface area (Å²) in [7, 11) is 1.65. The second-order valence-corrected chi connectivity index (χ2v) is 1.16. The molecule has 0 unspecified atom stereocenters. The predicted octanol–water partition coefficient (Wildman–Crippen LogP) is 0.148. The fourth-order valence-corrected chi connectivity index (χ4v) is 0.260. The van der Waals surface area contributed by atoms with Crippen LogP contribution in [0.2, 0.25) is 0 Å². The van der Waals surface area contributed by atoms with Crippen molar-refractivity contribution >= 4 is 0 Å². The highest BCUT2D eigenvalue weighted by Crippen LogP contribution is 1.68. The van der Waals surface area contributed by atoms with E-state index in [0.717, 1.165) is 0 Å². The molecule has 0 heterocycles. The van der Waals surface area contributed by atoms with Crippen molar-refractivity contribution in [2.24, 2.45) is 5.73 Å². The Hall–Kier alpha value is -0.340. The van der Waals surface area contributed by atoms with E-state index in [0.29, 0.717) is 13.2 Å². The van der Waals surface area contributed by atoms with Gasteiger partial charge in [-0.05, 0) is 0 Å². The van der Waals surface area contributed by atoms with Crippen molar-refractivity contribution in [1.29, 1.82) is 0 Å². The van der Waals surface area contributed by atoms with Crippen LogP contribution < -0.4 is 5.73 Å². The molecule has 0 bridgehead atoms. The second-order valence-electron chi connectivity index (χ2n) is 1.16.